The molecule has 0 spiro atoms. The van der Waals surface area contributed by atoms with Crippen LogP contribution in [0.2, 0.25) is 0 Å². The van der Waals surface area contributed by atoms with Gasteiger partial charge in [-0.2, -0.15) is 0 Å². The molecule has 1 nitrogen and oxygen atoms in total. The third-order valence-corrected chi connectivity index (χ3v) is 5.22. The highest BCUT2D eigenvalue weighted by Gasteiger charge is 2.36. The summed E-state index contributed by atoms with van der Waals surface area (Å²) < 4.78 is 1.34. The van der Waals surface area contributed by atoms with Gasteiger partial charge in [-0.15, -0.1) is 11.3 Å². The highest BCUT2D eigenvalue weighted by atomic mass is 32.1. The molecule has 1 N–H and O–H groups in total. The summed E-state index contributed by atoms with van der Waals surface area (Å²) in [6, 6.07) is 8.57. The number of hydrogen-bond acceptors (Lipinski definition) is 2. The van der Waals surface area contributed by atoms with Gasteiger partial charge >= 0.3 is 0 Å². The lowest BCUT2D eigenvalue weighted by atomic mass is 9.77. The number of hydrogen-bond donors (Lipinski definition) is 1. The largest absolute Gasteiger partial charge is 0.354 e. The van der Waals surface area contributed by atoms with E-state index in [4.69, 9.17) is 0 Å². The predicted octanol–water partition coefficient (Wildman–Crippen LogP) is 7.12. The molecular formula is C20H29NS. The summed E-state index contributed by atoms with van der Waals surface area (Å²) in [7, 11) is 0. The van der Waals surface area contributed by atoms with E-state index in [1.165, 1.54) is 26.2 Å². The highest BCUT2D eigenvalue weighted by molar-refractivity contribution is 7.20. The Kier molecular flexibility index (Phi) is 6.43. The van der Waals surface area contributed by atoms with Gasteiger partial charge in [0.2, 0.25) is 0 Å². The molecule has 0 atom stereocenters. The maximum atomic E-state index is 4.17. The average molecular weight is 316 g/mol. The number of thiophene rings is 1. The summed E-state index contributed by atoms with van der Waals surface area (Å²) in [4.78, 5) is 1.41. The summed E-state index contributed by atoms with van der Waals surface area (Å²) >= 11 is 1.88. The van der Waals surface area contributed by atoms with Crippen LogP contribution in [0.3, 0.4) is 0 Å². The first-order valence-corrected chi connectivity index (χ1v) is 9.02. The van der Waals surface area contributed by atoms with E-state index in [0.717, 1.165) is 5.70 Å². The van der Waals surface area contributed by atoms with Crippen molar-refractivity contribution in [3.8, 4) is 0 Å². The van der Waals surface area contributed by atoms with Crippen LogP contribution in [0.4, 0.5) is 5.69 Å². The van der Waals surface area contributed by atoms with Crippen LogP contribution in [0, 0.1) is 0 Å². The second-order valence-corrected chi connectivity index (χ2v) is 6.29. The van der Waals surface area contributed by atoms with Crippen molar-refractivity contribution in [2.24, 2.45) is 0 Å². The fourth-order valence-corrected chi connectivity index (χ4v) is 4.14. The lowest BCUT2D eigenvalue weighted by Gasteiger charge is -2.35. The lowest BCUT2D eigenvalue weighted by molar-refractivity contribution is 0.637. The van der Waals surface area contributed by atoms with Gasteiger partial charge in [0.05, 0.1) is 5.69 Å². The van der Waals surface area contributed by atoms with E-state index in [-0.39, 0.29) is 5.41 Å². The number of fused-ring (bicyclic) bond motifs is 3. The summed E-state index contributed by atoms with van der Waals surface area (Å²) in [6.45, 7) is 18.8. The van der Waals surface area contributed by atoms with Gasteiger partial charge in [0, 0.05) is 26.1 Å². The molecule has 22 heavy (non-hydrogen) atoms. The smallest absolute Gasteiger partial charge is 0.0614 e. The number of anilines is 1. The van der Waals surface area contributed by atoms with Crippen LogP contribution in [0.5, 0.6) is 0 Å². The van der Waals surface area contributed by atoms with Crippen LogP contribution in [-0.2, 0) is 5.41 Å². The second kappa shape index (κ2) is 7.64. The summed E-state index contributed by atoms with van der Waals surface area (Å²) in [5.41, 5.74) is 3.60. The van der Waals surface area contributed by atoms with Crippen molar-refractivity contribution in [1.82, 2.24) is 0 Å². The Bertz CT molecular complexity index is 674. The monoisotopic (exact) mass is 315 g/mol. The molecule has 120 valence electrons. The van der Waals surface area contributed by atoms with Gasteiger partial charge < -0.3 is 5.32 Å². The molecule has 0 bridgehead atoms. The van der Waals surface area contributed by atoms with Gasteiger partial charge in [-0.25, -0.2) is 0 Å². The highest BCUT2D eigenvalue weighted by Crippen LogP contribution is 2.50. The van der Waals surface area contributed by atoms with Crippen LogP contribution >= 0.6 is 11.3 Å². The molecule has 1 aromatic heterocycles. The van der Waals surface area contributed by atoms with Gasteiger partial charge in [0.15, 0.2) is 0 Å². The molecule has 0 radical (unpaired) electrons. The van der Waals surface area contributed by atoms with Crippen LogP contribution in [-0.4, -0.2) is 0 Å². The van der Waals surface area contributed by atoms with Crippen molar-refractivity contribution in [1.29, 1.82) is 0 Å². The Morgan fingerprint density at radius 1 is 1.09 bits per heavy atom. The molecule has 1 aliphatic rings. The quantitative estimate of drug-likeness (QED) is 0.546. The molecule has 0 fully saturated rings. The molecular weight excluding hydrogens is 286 g/mol. The normalized spacial score (nSPS) is 16.9. The van der Waals surface area contributed by atoms with E-state index in [2.05, 4.69) is 63.0 Å². The third kappa shape index (κ3) is 2.98. The number of nitrogens with one attached hydrogen (secondary N) is 1. The van der Waals surface area contributed by atoms with E-state index in [0.29, 0.717) is 0 Å². The van der Waals surface area contributed by atoms with Gasteiger partial charge in [-0.1, -0.05) is 72.4 Å². The van der Waals surface area contributed by atoms with E-state index in [1.54, 1.807) is 0 Å². The van der Waals surface area contributed by atoms with E-state index in [1.807, 2.05) is 39.0 Å². The molecule has 2 heterocycles. The first-order chi connectivity index (χ1) is 10.6. The minimum absolute atomic E-state index is 0.0378. The van der Waals surface area contributed by atoms with Crippen LogP contribution in [0.1, 0.15) is 53.3 Å². The lowest BCUT2D eigenvalue weighted by Crippen LogP contribution is -2.28. The Hall–Kier alpha value is -1.54. The van der Waals surface area contributed by atoms with Gasteiger partial charge in [-0.3, -0.25) is 0 Å². The zero-order valence-corrected chi connectivity index (χ0v) is 15.8. The first kappa shape index (κ1) is 18.5. The maximum Gasteiger partial charge on any atom is 0.0614 e. The topological polar surface area (TPSA) is 12.0 Å². The predicted molar refractivity (Wildman–Crippen MR) is 104 cm³/mol. The molecule has 1 aliphatic heterocycles. The number of allylic oxidation sites excluding steroid dienone is 2. The fourth-order valence-electron chi connectivity index (χ4n) is 2.86. The zero-order valence-electron chi connectivity index (χ0n) is 15.0. The molecule has 2 aromatic rings. The minimum atomic E-state index is 0.0378. The zero-order chi connectivity index (χ0) is 16.9. The van der Waals surface area contributed by atoms with Gasteiger partial charge in [0.1, 0.15) is 0 Å². The maximum absolute atomic E-state index is 4.17. The molecule has 0 amide bonds. The van der Waals surface area contributed by atoms with Crippen molar-refractivity contribution in [3.63, 3.8) is 0 Å². The first-order valence-electron chi connectivity index (χ1n) is 8.21. The van der Waals surface area contributed by atoms with Crippen LogP contribution in [0.15, 0.2) is 48.2 Å². The van der Waals surface area contributed by atoms with E-state index >= 15 is 0 Å². The standard InChI is InChI=1S/C16H17NS.2C2H6/c1-5-12-10(2)17-14-11-8-6-7-9-13(11)18-15(14)16(12,3)4;2*1-2/h5-9,17H,2H2,1,3-4H3;2*1-2H3/b12-5+;;. The van der Waals surface area contributed by atoms with Gasteiger partial charge in [0.25, 0.3) is 0 Å². The van der Waals surface area contributed by atoms with Crippen molar-refractivity contribution < 1.29 is 0 Å². The number of benzene rings is 1. The van der Waals surface area contributed by atoms with Crippen molar-refractivity contribution in [3.05, 3.63) is 53.1 Å². The summed E-state index contributed by atoms with van der Waals surface area (Å²) in [5.74, 6) is 0. The van der Waals surface area contributed by atoms with E-state index < -0.39 is 0 Å². The molecule has 0 saturated carbocycles. The average Bonchev–Trinajstić information content (AvgIpc) is 2.91. The summed E-state index contributed by atoms with van der Waals surface area (Å²) in [5, 5.41) is 4.79. The molecule has 2 heteroatoms. The molecule has 1 aromatic carbocycles. The molecule has 0 unspecified atom stereocenters. The second-order valence-electron chi connectivity index (χ2n) is 5.23. The SMILES string of the molecule is C=C1Nc2c(sc3ccccc23)C(C)(C)/C1=C/C.CC.CC. The Labute approximate surface area is 139 Å². The van der Waals surface area contributed by atoms with Gasteiger partial charge in [-0.05, 0) is 18.6 Å². The molecule has 0 aliphatic carbocycles. The Morgan fingerprint density at radius 2 is 1.68 bits per heavy atom. The Balaban J connectivity index is 0.000000561. The number of rotatable bonds is 0. The van der Waals surface area contributed by atoms with Crippen molar-refractivity contribution in [2.75, 3.05) is 5.32 Å². The van der Waals surface area contributed by atoms with Crippen LogP contribution in [0.25, 0.3) is 10.1 Å². The fraction of sp³-hybridized carbons (Fsp3) is 0.400. The summed E-state index contributed by atoms with van der Waals surface area (Å²) in [6.07, 6.45) is 2.17. The third-order valence-electron chi connectivity index (χ3n) is 3.73. The Morgan fingerprint density at radius 3 is 2.27 bits per heavy atom. The minimum Gasteiger partial charge on any atom is -0.354 e. The van der Waals surface area contributed by atoms with Crippen molar-refractivity contribution >= 4 is 27.1 Å². The molecule has 0 saturated heterocycles. The molecule has 3 rings (SSSR count). The van der Waals surface area contributed by atoms with Crippen LogP contribution < -0.4 is 5.32 Å². The van der Waals surface area contributed by atoms with E-state index in [9.17, 15) is 0 Å². The van der Waals surface area contributed by atoms with Crippen molar-refractivity contribution in [2.45, 2.75) is 53.9 Å².